The molecular formula is C17H17F6N3O4S2. The molecule has 0 aliphatic rings. The maximum Gasteiger partial charge on any atom is 0.430 e. The zero-order chi connectivity index (χ0) is 24.7. The van der Waals surface area contributed by atoms with Crippen LogP contribution >= 0.6 is 11.3 Å². The van der Waals surface area contributed by atoms with Crippen molar-refractivity contribution in [1.82, 2.24) is 4.98 Å². The molecular weight excluding hydrogens is 488 g/mol. The predicted octanol–water partition coefficient (Wildman–Crippen LogP) is 3.94. The highest BCUT2D eigenvalue weighted by Crippen LogP contribution is 2.50. The summed E-state index contributed by atoms with van der Waals surface area (Å²) < 4.78 is 105. The number of aryl methyl sites for hydroxylation is 1. The molecule has 0 saturated heterocycles. The third-order valence-corrected chi connectivity index (χ3v) is 7.80. The van der Waals surface area contributed by atoms with Crippen molar-refractivity contribution in [3.63, 3.8) is 0 Å². The van der Waals surface area contributed by atoms with Crippen molar-refractivity contribution in [1.29, 1.82) is 0 Å². The normalized spacial score (nSPS) is 13.2. The summed E-state index contributed by atoms with van der Waals surface area (Å²) in [6, 6.07) is 2.17. The molecule has 0 bridgehead atoms. The average molecular weight is 505 g/mol. The molecule has 0 atom stereocenters. The van der Waals surface area contributed by atoms with Crippen molar-refractivity contribution in [2.75, 3.05) is 16.2 Å². The van der Waals surface area contributed by atoms with E-state index in [-0.39, 0.29) is 27.3 Å². The van der Waals surface area contributed by atoms with E-state index in [1.807, 2.05) is 0 Å². The quantitative estimate of drug-likeness (QED) is 0.580. The standard InChI is InChI=1S/C17H17F6N3O4S2/c1-4-26(32(29,30)13-9(2)24-14(31-13)25-10(3)27)12-7-5-11(6-8-12)15(28,16(18,19)20)17(21,22)23/h5-8,28H,4H2,1-3H3,(H,24,25,27). The van der Waals surface area contributed by atoms with Gasteiger partial charge in [0.2, 0.25) is 5.91 Å². The molecule has 2 aromatic rings. The average Bonchev–Trinajstić information content (AvgIpc) is 3.00. The monoisotopic (exact) mass is 505 g/mol. The molecule has 1 amide bonds. The highest BCUT2D eigenvalue weighted by atomic mass is 32.2. The Kier molecular flexibility index (Phi) is 6.88. The van der Waals surface area contributed by atoms with E-state index in [9.17, 15) is 44.7 Å². The number of hydrogen-bond donors (Lipinski definition) is 2. The Bertz CT molecular complexity index is 1080. The van der Waals surface area contributed by atoms with E-state index in [0.717, 1.165) is 16.4 Å². The van der Waals surface area contributed by atoms with E-state index in [0.29, 0.717) is 23.5 Å². The molecule has 0 saturated carbocycles. The summed E-state index contributed by atoms with van der Waals surface area (Å²) in [6.07, 6.45) is -12.1. The number of alkyl halides is 6. The largest absolute Gasteiger partial charge is 0.430 e. The number of carbonyl (C=O) groups excluding carboxylic acids is 1. The van der Waals surface area contributed by atoms with E-state index in [2.05, 4.69) is 10.3 Å². The van der Waals surface area contributed by atoms with Crippen molar-refractivity contribution in [2.45, 2.75) is 42.9 Å². The minimum absolute atomic E-state index is 0.000365. The molecule has 2 rings (SSSR count). The Morgan fingerprint density at radius 3 is 2.03 bits per heavy atom. The van der Waals surface area contributed by atoms with E-state index in [1.165, 1.54) is 20.8 Å². The fourth-order valence-corrected chi connectivity index (χ4v) is 5.81. The van der Waals surface area contributed by atoms with Crippen LogP contribution in [0.2, 0.25) is 0 Å². The number of amides is 1. The Morgan fingerprint density at radius 2 is 1.62 bits per heavy atom. The third kappa shape index (κ3) is 4.54. The second kappa shape index (κ2) is 8.51. The Labute approximate surface area is 182 Å². The summed E-state index contributed by atoms with van der Waals surface area (Å²) in [5.41, 5.74) is -6.85. The molecule has 0 aliphatic heterocycles. The SMILES string of the molecule is CCN(c1ccc(C(O)(C(F)(F)F)C(F)(F)F)cc1)S(=O)(=O)c1sc(NC(C)=O)nc1C. The Balaban J connectivity index is 2.51. The van der Waals surface area contributed by atoms with Crippen LogP contribution in [0.5, 0.6) is 0 Å². The van der Waals surface area contributed by atoms with Gasteiger partial charge in [-0.2, -0.15) is 26.3 Å². The van der Waals surface area contributed by atoms with Crippen molar-refractivity contribution in [2.24, 2.45) is 0 Å². The molecule has 0 aliphatic carbocycles. The number of sulfonamides is 1. The van der Waals surface area contributed by atoms with Crippen molar-refractivity contribution in [3.8, 4) is 0 Å². The van der Waals surface area contributed by atoms with Crippen LogP contribution in [-0.2, 0) is 20.4 Å². The van der Waals surface area contributed by atoms with Crippen molar-refractivity contribution in [3.05, 3.63) is 35.5 Å². The summed E-state index contributed by atoms with van der Waals surface area (Å²) in [5.74, 6) is -0.493. The van der Waals surface area contributed by atoms with Crippen LogP contribution in [0, 0.1) is 6.92 Å². The minimum atomic E-state index is -6.07. The molecule has 1 heterocycles. The number of benzene rings is 1. The summed E-state index contributed by atoms with van der Waals surface area (Å²) in [4.78, 5) is 15.1. The number of thiazole rings is 1. The number of carbonyl (C=O) groups is 1. The lowest BCUT2D eigenvalue weighted by atomic mass is 9.92. The fourth-order valence-electron chi connectivity index (χ4n) is 2.77. The van der Waals surface area contributed by atoms with E-state index < -0.39 is 39.4 Å². The first kappa shape index (κ1) is 25.9. The summed E-state index contributed by atoms with van der Waals surface area (Å²) >= 11 is 0.637. The topological polar surface area (TPSA) is 99.6 Å². The second-order valence-electron chi connectivity index (χ2n) is 6.50. The van der Waals surface area contributed by atoms with Crippen molar-refractivity contribution < 1.29 is 44.7 Å². The van der Waals surface area contributed by atoms with Gasteiger partial charge in [-0.1, -0.05) is 23.5 Å². The van der Waals surface area contributed by atoms with Crippen LogP contribution in [-0.4, -0.2) is 43.3 Å². The number of nitrogens with zero attached hydrogens (tertiary/aromatic N) is 2. The zero-order valence-electron chi connectivity index (χ0n) is 16.7. The maximum atomic E-state index is 13.1. The van der Waals surface area contributed by atoms with Gasteiger partial charge in [0.1, 0.15) is 0 Å². The number of nitrogens with one attached hydrogen (secondary N) is 1. The van der Waals surface area contributed by atoms with Gasteiger partial charge >= 0.3 is 12.4 Å². The number of halogens is 6. The van der Waals surface area contributed by atoms with Gasteiger partial charge in [0.25, 0.3) is 15.6 Å². The number of hydrogen-bond acceptors (Lipinski definition) is 6. The molecule has 1 aromatic carbocycles. The lowest BCUT2D eigenvalue weighted by molar-refractivity contribution is -0.376. The van der Waals surface area contributed by atoms with Gasteiger partial charge in [0.05, 0.1) is 11.4 Å². The molecule has 0 spiro atoms. The molecule has 178 valence electrons. The molecule has 7 nitrogen and oxygen atoms in total. The molecule has 2 N–H and O–H groups in total. The molecule has 0 fully saturated rings. The van der Waals surface area contributed by atoms with E-state index in [4.69, 9.17) is 0 Å². The van der Waals surface area contributed by atoms with Gasteiger partial charge in [-0.15, -0.1) is 0 Å². The van der Waals surface area contributed by atoms with Gasteiger partial charge in [-0.05, 0) is 26.0 Å². The van der Waals surface area contributed by atoms with Crippen LogP contribution in [0.25, 0.3) is 0 Å². The first-order chi connectivity index (χ1) is 14.5. The van der Waals surface area contributed by atoms with Crippen LogP contribution in [0.3, 0.4) is 0 Å². The molecule has 0 unspecified atom stereocenters. The first-order valence-corrected chi connectivity index (χ1v) is 11.0. The van der Waals surface area contributed by atoms with Crippen LogP contribution in [0.1, 0.15) is 25.1 Å². The highest BCUT2D eigenvalue weighted by molar-refractivity contribution is 7.94. The maximum absolute atomic E-state index is 13.1. The Hall–Kier alpha value is -2.39. The number of rotatable bonds is 6. The molecule has 0 radical (unpaired) electrons. The zero-order valence-corrected chi connectivity index (χ0v) is 18.3. The predicted molar refractivity (Wildman–Crippen MR) is 104 cm³/mol. The second-order valence-corrected chi connectivity index (χ2v) is 9.55. The van der Waals surface area contributed by atoms with Gasteiger partial charge in [0, 0.05) is 19.0 Å². The molecule has 32 heavy (non-hydrogen) atoms. The first-order valence-electron chi connectivity index (χ1n) is 8.71. The lowest BCUT2D eigenvalue weighted by Gasteiger charge is -2.33. The summed E-state index contributed by atoms with van der Waals surface area (Å²) in [7, 11) is -4.32. The smallest absolute Gasteiger partial charge is 0.369 e. The third-order valence-electron chi connectivity index (χ3n) is 4.24. The van der Waals surface area contributed by atoms with E-state index >= 15 is 0 Å². The fraction of sp³-hybridized carbons (Fsp3) is 0.412. The van der Waals surface area contributed by atoms with Crippen LogP contribution in [0.4, 0.5) is 37.2 Å². The van der Waals surface area contributed by atoms with Gasteiger partial charge in [0.15, 0.2) is 9.34 Å². The Morgan fingerprint density at radius 1 is 1.12 bits per heavy atom. The highest BCUT2D eigenvalue weighted by Gasteiger charge is 2.71. The van der Waals surface area contributed by atoms with E-state index in [1.54, 1.807) is 0 Å². The van der Waals surface area contributed by atoms with Gasteiger partial charge in [-0.3, -0.25) is 9.10 Å². The van der Waals surface area contributed by atoms with Gasteiger partial charge in [-0.25, -0.2) is 13.4 Å². The summed E-state index contributed by atoms with van der Waals surface area (Å²) in [6.45, 7) is 3.72. The van der Waals surface area contributed by atoms with Crippen molar-refractivity contribution >= 4 is 38.1 Å². The number of aliphatic hydroxyl groups is 1. The van der Waals surface area contributed by atoms with Crippen LogP contribution < -0.4 is 9.62 Å². The number of anilines is 2. The molecule has 15 heteroatoms. The minimum Gasteiger partial charge on any atom is -0.369 e. The van der Waals surface area contributed by atoms with Crippen LogP contribution in [0.15, 0.2) is 28.5 Å². The molecule has 1 aromatic heterocycles. The summed E-state index contributed by atoms with van der Waals surface area (Å²) in [5, 5.41) is 11.8. The number of aromatic nitrogens is 1. The van der Waals surface area contributed by atoms with Gasteiger partial charge < -0.3 is 10.4 Å². The lowest BCUT2D eigenvalue weighted by Crippen LogP contribution is -2.53.